The number of rotatable bonds is 5. The first-order valence-electron chi connectivity index (χ1n) is 10.4. The molecule has 5 rings (SSSR count). The van der Waals surface area contributed by atoms with Crippen LogP contribution in [0.25, 0.3) is 11.0 Å². The average Bonchev–Trinajstić information content (AvgIpc) is 3.37. The molecule has 2 saturated heterocycles. The number of amides is 1. The highest BCUT2D eigenvalue weighted by atomic mass is 16.5. The lowest BCUT2D eigenvalue weighted by molar-refractivity contribution is -0.125. The van der Waals surface area contributed by atoms with Crippen molar-refractivity contribution in [2.24, 2.45) is 5.41 Å². The van der Waals surface area contributed by atoms with E-state index >= 15 is 0 Å². The summed E-state index contributed by atoms with van der Waals surface area (Å²) < 4.78 is 7.18. The van der Waals surface area contributed by atoms with E-state index in [-0.39, 0.29) is 11.3 Å². The van der Waals surface area contributed by atoms with Crippen LogP contribution in [-0.2, 0) is 11.3 Å². The molecule has 5 heterocycles. The highest BCUT2D eigenvalue weighted by molar-refractivity contribution is 5.92. The summed E-state index contributed by atoms with van der Waals surface area (Å²) in [6, 6.07) is 4.05. The van der Waals surface area contributed by atoms with E-state index in [1.165, 1.54) is 5.56 Å². The van der Waals surface area contributed by atoms with Gasteiger partial charge < -0.3 is 14.6 Å². The summed E-state index contributed by atoms with van der Waals surface area (Å²) in [7, 11) is 0. The van der Waals surface area contributed by atoms with Crippen LogP contribution in [0.15, 0.2) is 30.7 Å². The van der Waals surface area contributed by atoms with Crippen molar-refractivity contribution in [3.8, 4) is 0 Å². The number of pyridine rings is 1. The minimum Gasteiger partial charge on any atom is -0.380 e. The Morgan fingerprint density at radius 3 is 3.10 bits per heavy atom. The van der Waals surface area contributed by atoms with Crippen LogP contribution in [0, 0.1) is 5.41 Å². The van der Waals surface area contributed by atoms with Gasteiger partial charge in [0.05, 0.1) is 26.0 Å². The molecule has 1 N–H and O–H groups in total. The van der Waals surface area contributed by atoms with Gasteiger partial charge in [-0.2, -0.15) is 0 Å². The third-order valence-corrected chi connectivity index (χ3v) is 6.45. The second kappa shape index (κ2) is 7.26. The van der Waals surface area contributed by atoms with Crippen LogP contribution in [-0.4, -0.2) is 62.1 Å². The average molecular weight is 394 g/mol. The van der Waals surface area contributed by atoms with E-state index in [0.29, 0.717) is 18.2 Å². The van der Waals surface area contributed by atoms with Gasteiger partial charge in [0.1, 0.15) is 5.65 Å². The van der Waals surface area contributed by atoms with E-state index in [1.54, 1.807) is 17.1 Å². The molecule has 2 fully saturated rings. The van der Waals surface area contributed by atoms with Gasteiger partial charge >= 0.3 is 0 Å². The van der Waals surface area contributed by atoms with Crippen molar-refractivity contribution in [1.82, 2.24) is 29.9 Å². The molecule has 1 unspecified atom stereocenters. The van der Waals surface area contributed by atoms with Gasteiger partial charge in [0.25, 0.3) is 5.91 Å². The molecule has 0 bridgehead atoms. The van der Waals surface area contributed by atoms with Crippen LogP contribution >= 0.6 is 0 Å². The maximum absolute atomic E-state index is 13.1. The number of carbonyl (C=O) groups is 1. The molecule has 0 radical (unpaired) electrons. The molecule has 8 heteroatoms. The largest absolute Gasteiger partial charge is 0.380 e. The standard InChI is InChI=1S/C21H26N6O2/c1-2-21(13-29-14-21)12-27-11-18(24-25-27)20(28)26-8-4-5-15(10-26)17-9-23-19-16(17)6-3-7-22-19/h3,6-7,9,11,15H,2,4-5,8,10,12-14H2,1H3,(H,22,23). The van der Waals surface area contributed by atoms with Gasteiger partial charge in [0.15, 0.2) is 5.69 Å². The molecule has 1 atom stereocenters. The van der Waals surface area contributed by atoms with Crippen molar-refractivity contribution in [3.63, 3.8) is 0 Å². The number of nitrogens with zero attached hydrogens (tertiary/aromatic N) is 5. The summed E-state index contributed by atoms with van der Waals surface area (Å²) in [5.41, 5.74) is 2.70. The van der Waals surface area contributed by atoms with Gasteiger partial charge in [-0.3, -0.25) is 9.48 Å². The Morgan fingerprint density at radius 1 is 1.41 bits per heavy atom. The highest BCUT2D eigenvalue weighted by Crippen LogP contribution is 2.33. The van der Waals surface area contributed by atoms with E-state index in [4.69, 9.17) is 4.74 Å². The zero-order valence-corrected chi connectivity index (χ0v) is 16.7. The Labute approximate surface area is 169 Å². The van der Waals surface area contributed by atoms with E-state index < -0.39 is 0 Å². The Balaban J connectivity index is 1.30. The Hall–Kier alpha value is -2.74. The fourth-order valence-electron chi connectivity index (χ4n) is 4.51. The van der Waals surface area contributed by atoms with Crippen molar-refractivity contribution in [2.45, 2.75) is 38.6 Å². The second-order valence-corrected chi connectivity index (χ2v) is 8.38. The van der Waals surface area contributed by atoms with E-state index in [9.17, 15) is 4.79 Å². The lowest BCUT2D eigenvalue weighted by Gasteiger charge is -2.40. The third kappa shape index (κ3) is 3.31. The molecule has 3 aromatic heterocycles. The number of carbonyl (C=O) groups excluding carboxylic acids is 1. The number of hydrogen-bond acceptors (Lipinski definition) is 5. The highest BCUT2D eigenvalue weighted by Gasteiger charge is 2.38. The predicted octanol–water partition coefficient (Wildman–Crippen LogP) is 2.60. The maximum atomic E-state index is 13.1. The minimum absolute atomic E-state index is 0.0330. The quantitative estimate of drug-likeness (QED) is 0.719. The number of nitrogens with one attached hydrogen (secondary N) is 1. The summed E-state index contributed by atoms with van der Waals surface area (Å²) in [5, 5.41) is 9.52. The second-order valence-electron chi connectivity index (χ2n) is 8.38. The Bertz CT molecular complexity index is 1020. The summed E-state index contributed by atoms with van der Waals surface area (Å²) in [6.07, 6.45) is 8.70. The van der Waals surface area contributed by atoms with Crippen molar-refractivity contribution >= 4 is 16.9 Å². The number of H-pyrrole nitrogens is 1. The first-order chi connectivity index (χ1) is 14.2. The van der Waals surface area contributed by atoms with Crippen molar-refractivity contribution in [1.29, 1.82) is 0 Å². The van der Waals surface area contributed by atoms with E-state index in [0.717, 1.165) is 56.6 Å². The normalized spacial score (nSPS) is 21.3. The van der Waals surface area contributed by atoms with Gasteiger partial charge in [-0.05, 0) is 37.0 Å². The van der Waals surface area contributed by atoms with Crippen LogP contribution in [0.1, 0.15) is 48.2 Å². The monoisotopic (exact) mass is 394 g/mol. The molecule has 2 aliphatic rings. The van der Waals surface area contributed by atoms with Crippen molar-refractivity contribution in [2.75, 3.05) is 26.3 Å². The summed E-state index contributed by atoms with van der Waals surface area (Å²) in [5.74, 6) is 0.269. The molecule has 0 saturated carbocycles. The molecule has 0 spiro atoms. The van der Waals surface area contributed by atoms with Gasteiger partial charge in [-0.15, -0.1) is 5.10 Å². The number of fused-ring (bicyclic) bond motifs is 1. The number of likely N-dealkylation sites (tertiary alicyclic amines) is 1. The molecule has 0 aromatic carbocycles. The summed E-state index contributed by atoms with van der Waals surface area (Å²) >= 11 is 0. The molecule has 2 aliphatic heterocycles. The van der Waals surface area contributed by atoms with E-state index in [1.807, 2.05) is 17.2 Å². The zero-order valence-electron chi connectivity index (χ0n) is 16.7. The topological polar surface area (TPSA) is 88.9 Å². The zero-order chi connectivity index (χ0) is 19.8. The molecule has 8 nitrogen and oxygen atoms in total. The van der Waals surface area contributed by atoms with Crippen LogP contribution in [0.5, 0.6) is 0 Å². The summed E-state index contributed by atoms with van der Waals surface area (Å²) in [6.45, 7) is 5.87. The fourth-order valence-corrected chi connectivity index (χ4v) is 4.51. The van der Waals surface area contributed by atoms with Crippen molar-refractivity contribution in [3.05, 3.63) is 42.0 Å². The smallest absolute Gasteiger partial charge is 0.276 e. The molecule has 3 aromatic rings. The SMILES string of the molecule is CCC1(Cn2cc(C(=O)N3CCCC(c4c[nH]c5ncccc45)C3)nn2)COC1. The van der Waals surface area contributed by atoms with E-state index in [2.05, 4.69) is 33.3 Å². The molecule has 1 amide bonds. The number of aromatic amines is 1. The Morgan fingerprint density at radius 2 is 2.31 bits per heavy atom. The van der Waals surface area contributed by atoms with Gasteiger partial charge in [-0.25, -0.2) is 4.98 Å². The van der Waals surface area contributed by atoms with Crippen LogP contribution in [0.4, 0.5) is 0 Å². The Kier molecular flexibility index (Phi) is 4.58. The molecule has 152 valence electrons. The predicted molar refractivity (Wildman–Crippen MR) is 108 cm³/mol. The first kappa shape index (κ1) is 18.3. The number of ether oxygens (including phenoxy) is 1. The maximum Gasteiger partial charge on any atom is 0.276 e. The fraction of sp³-hybridized carbons (Fsp3) is 0.524. The molecular formula is C21H26N6O2. The van der Waals surface area contributed by atoms with Crippen LogP contribution in [0.3, 0.4) is 0 Å². The van der Waals surface area contributed by atoms with Crippen LogP contribution in [0.2, 0.25) is 0 Å². The minimum atomic E-state index is -0.0330. The van der Waals surface area contributed by atoms with Crippen LogP contribution < -0.4 is 0 Å². The van der Waals surface area contributed by atoms with Gasteiger partial charge in [-0.1, -0.05) is 12.1 Å². The van der Waals surface area contributed by atoms with Crippen molar-refractivity contribution < 1.29 is 9.53 Å². The molecule has 29 heavy (non-hydrogen) atoms. The molecular weight excluding hydrogens is 368 g/mol. The third-order valence-electron chi connectivity index (χ3n) is 6.45. The number of piperidine rings is 1. The van der Waals surface area contributed by atoms with Gasteiger partial charge in [0.2, 0.25) is 0 Å². The number of hydrogen-bond donors (Lipinski definition) is 1. The lowest BCUT2D eigenvalue weighted by atomic mass is 9.83. The lowest BCUT2D eigenvalue weighted by Crippen LogP contribution is -2.45. The molecule has 0 aliphatic carbocycles. The summed E-state index contributed by atoms with van der Waals surface area (Å²) in [4.78, 5) is 22.6. The first-order valence-corrected chi connectivity index (χ1v) is 10.4. The van der Waals surface area contributed by atoms with Gasteiger partial charge in [0, 0.05) is 42.2 Å². The number of aromatic nitrogens is 5.